The van der Waals surface area contributed by atoms with Gasteiger partial charge in [0.05, 0.1) is 8.66 Å². The number of fused-ring (bicyclic) bond motifs is 1. The van der Waals surface area contributed by atoms with Crippen LogP contribution in [-0.4, -0.2) is 11.2 Å². The van der Waals surface area contributed by atoms with E-state index in [1.807, 2.05) is 36.4 Å². The van der Waals surface area contributed by atoms with Gasteiger partial charge in [-0.15, -0.1) is 22.7 Å². The lowest BCUT2D eigenvalue weighted by Gasteiger charge is -2.07. The predicted molar refractivity (Wildman–Crippen MR) is 108 cm³/mol. The number of nitrogens with zero attached hydrogens (tertiary/aromatic N) is 1. The van der Waals surface area contributed by atoms with E-state index >= 15 is 0 Å². The van der Waals surface area contributed by atoms with Crippen molar-refractivity contribution in [3.63, 3.8) is 0 Å². The Morgan fingerprint density at radius 2 is 2.00 bits per heavy atom. The van der Waals surface area contributed by atoms with Gasteiger partial charge in [-0.3, -0.25) is 5.32 Å². The Morgan fingerprint density at radius 3 is 2.77 bits per heavy atom. The van der Waals surface area contributed by atoms with E-state index in [0.29, 0.717) is 17.1 Å². The van der Waals surface area contributed by atoms with Gasteiger partial charge in [-0.25, -0.2) is 4.79 Å². The van der Waals surface area contributed by atoms with Gasteiger partial charge < -0.3 is 9.26 Å². The number of benzene rings is 1. The standard InChI is InChI=1S/C18H13BrN2O3S2/c1-10-16(20-18(22)23-9-11-5-3-2-4-6-11)17(21-24-10)14-7-12-13(25-14)8-15(19)26-12/h2-8H,9H2,1H3,(H,20,22). The zero-order valence-corrected chi connectivity index (χ0v) is 16.8. The van der Waals surface area contributed by atoms with Crippen LogP contribution in [0.2, 0.25) is 0 Å². The average molecular weight is 449 g/mol. The van der Waals surface area contributed by atoms with Crippen molar-refractivity contribution in [1.29, 1.82) is 0 Å². The summed E-state index contributed by atoms with van der Waals surface area (Å²) in [4.78, 5) is 13.1. The summed E-state index contributed by atoms with van der Waals surface area (Å²) in [5.74, 6) is 0.537. The van der Waals surface area contributed by atoms with Crippen molar-refractivity contribution >= 4 is 59.8 Å². The molecule has 0 radical (unpaired) electrons. The van der Waals surface area contributed by atoms with E-state index < -0.39 is 6.09 Å². The van der Waals surface area contributed by atoms with Crippen molar-refractivity contribution in [2.75, 3.05) is 5.32 Å². The van der Waals surface area contributed by atoms with Crippen LogP contribution >= 0.6 is 38.6 Å². The van der Waals surface area contributed by atoms with Crippen LogP contribution in [0.3, 0.4) is 0 Å². The molecule has 5 nitrogen and oxygen atoms in total. The maximum atomic E-state index is 12.2. The number of thiophene rings is 2. The summed E-state index contributed by atoms with van der Waals surface area (Å²) in [6.07, 6.45) is -0.539. The fourth-order valence-electron chi connectivity index (χ4n) is 2.47. The van der Waals surface area contributed by atoms with Gasteiger partial charge in [0.15, 0.2) is 5.76 Å². The molecule has 0 saturated carbocycles. The zero-order chi connectivity index (χ0) is 18.1. The number of carbonyl (C=O) groups is 1. The second-order valence-electron chi connectivity index (χ2n) is 5.54. The summed E-state index contributed by atoms with van der Waals surface area (Å²) in [6, 6.07) is 13.6. The Labute approximate surface area is 165 Å². The molecule has 0 aliphatic rings. The molecule has 8 heteroatoms. The molecule has 3 heterocycles. The highest BCUT2D eigenvalue weighted by Crippen LogP contribution is 2.42. The van der Waals surface area contributed by atoms with Crippen LogP contribution in [0.25, 0.3) is 20.0 Å². The number of hydrogen-bond acceptors (Lipinski definition) is 6. The minimum atomic E-state index is -0.539. The first-order valence-corrected chi connectivity index (χ1v) is 10.2. The Morgan fingerprint density at radius 1 is 1.23 bits per heavy atom. The molecule has 132 valence electrons. The molecule has 0 saturated heterocycles. The maximum Gasteiger partial charge on any atom is 0.412 e. The second-order valence-corrected chi connectivity index (χ2v) is 9.09. The number of aromatic nitrogens is 1. The molecule has 4 rings (SSSR count). The number of aryl methyl sites for hydroxylation is 1. The third-order valence-electron chi connectivity index (χ3n) is 3.71. The smallest absolute Gasteiger partial charge is 0.412 e. The van der Waals surface area contributed by atoms with Crippen LogP contribution in [0.5, 0.6) is 0 Å². The van der Waals surface area contributed by atoms with Crippen LogP contribution in [0.1, 0.15) is 11.3 Å². The van der Waals surface area contributed by atoms with Crippen LogP contribution in [0.15, 0.2) is 50.8 Å². The van der Waals surface area contributed by atoms with Gasteiger partial charge in [-0.1, -0.05) is 35.5 Å². The minimum Gasteiger partial charge on any atom is -0.444 e. The van der Waals surface area contributed by atoms with Crippen molar-refractivity contribution in [2.45, 2.75) is 13.5 Å². The van der Waals surface area contributed by atoms with Crippen molar-refractivity contribution in [2.24, 2.45) is 0 Å². The molecule has 4 aromatic rings. The number of halogens is 1. The molecule has 1 N–H and O–H groups in total. The third kappa shape index (κ3) is 3.53. The van der Waals surface area contributed by atoms with Crippen LogP contribution in [0, 0.1) is 6.92 Å². The molecule has 1 aromatic carbocycles. The highest BCUT2D eigenvalue weighted by Gasteiger charge is 2.20. The number of anilines is 1. The van der Waals surface area contributed by atoms with Gasteiger partial charge in [-0.05, 0) is 40.5 Å². The Hall–Kier alpha value is -2.16. The molecule has 0 unspecified atom stereocenters. The van der Waals surface area contributed by atoms with E-state index in [0.717, 1.165) is 23.6 Å². The van der Waals surface area contributed by atoms with Crippen LogP contribution in [-0.2, 0) is 11.3 Å². The number of carbonyl (C=O) groups excluding carboxylic acids is 1. The average Bonchev–Trinajstić information content (AvgIpc) is 3.27. The first kappa shape index (κ1) is 17.3. The second kappa shape index (κ2) is 7.22. The first-order chi connectivity index (χ1) is 12.6. The number of nitrogens with one attached hydrogen (secondary N) is 1. The van der Waals surface area contributed by atoms with Gasteiger partial charge in [-0.2, -0.15) is 0 Å². The molecule has 0 bridgehead atoms. The molecule has 1 amide bonds. The predicted octanol–water partition coefficient (Wildman–Crippen LogP) is 6.44. The molecule has 0 aliphatic carbocycles. The number of rotatable bonds is 4. The quantitative estimate of drug-likeness (QED) is 0.390. The number of amides is 1. The van der Waals surface area contributed by atoms with Gasteiger partial charge in [0.25, 0.3) is 0 Å². The van der Waals surface area contributed by atoms with Crippen molar-refractivity contribution in [3.8, 4) is 10.6 Å². The lowest BCUT2D eigenvalue weighted by molar-refractivity contribution is 0.155. The topological polar surface area (TPSA) is 64.4 Å². The van der Waals surface area contributed by atoms with E-state index in [4.69, 9.17) is 9.26 Å². The Bertz CT molecular complexity index is 1040. The highest BCUT2D eigenvalue weighted by molar-refractivity contribution is 9.11. The maximum absolute atomic E-state index is 12.2. The fraction of sp³-hybridized carbons (Fsp3) is 0.111. The van der Waals surface area contributed by atoms with E-state index in [9.17, 15) is 4.79 Å². The molecule has 0 fully saturated rings. The zero-order valence-electron chi connectivity index (χ0n) is 13.6. The summed E-state index contributed by atoms with van der Waals surface area (Å²) in [6.45, 7) is 1.96. The van der Waals surface area contributed by atoms with Crippen molar-refractivity contribution < 1.29 is 14.1 Å². The van der Waals surface area contributed by atoms with E-state index in [1.54, 1.807) is 29.6 Å². The van der Waals surface area contributed by atoms with Crippen LogP contribution in [0.4, 0.5) is 10.5 Å². The number of hydrogen-bond donors (Lipinski definition) is 1. The summed E-state index contributed by atoms with van der Waals surface area (Å²) in [7, 11) is 0. The Balaban J connectivity index is 1.52. The van der Waals surface area contributed by atoms with Gasteiger partial charge >= 0.3 is 6.09 Å². The Kier molecular flexibility index (Phi) is 4.80. The third-order valence-corrected chi connectivity index (χ3v) is 6.52. The van der Waals surface area contributed by atoms with E-state index in [1.165, 1.54) is 0 Å². The van der Waals surface area contributed by atoms with Crippen LogP contribution < -0.4 is 5.32 Å². The molecular formula is C18H13BrN2O3S2. The fourth-order valence-corrected chi connectivity index (χ4v) is 5.48. The largest absolute Gasteiger partial charge is 0.444 e. The normalized spacial score (nSPS) is 11.0. The van der Waals surface area contributed by atoms with Crippen molar-refractivity contribution in [3.05, 3.63) is 57.6 Å². The summed E-state index contributed by atoms with van der Waals surface area (Å²) < 4.78 is 14.0. The number of ether oxygens (including phenoxy) is 1. The monoisotopic (exact) mass is 448 g/mol. The van der Waals surface area contributed by atoms with Gasteiger partial charge in [0.2, 0.25) is 0 Å². The van der Waals surface area contributed by atoms with Gasteiger partial charge in [0, 0.05) is 9.40 Å². The molecular weight excluding hydrogens is 436 g/mol. The van der Waals surface area contributed by atoms with E-state index in [2.05, 4.69) is 32.5 Å². The lowest BCUT2D eigenvalue weighted by Crippen LogP contribution is -2.14. The molecule has 26 heavy (non-hydrogen) atoms. The minimum absolute atomic E-state index is 0.203. The summed E-state index contributed by atoms with van der Waals surface area (Å²) in [5.41, 5.74) is 2.08. The summed E-state index contributed by atoms with van der Waals surface area (Å²) >= 11 is 6.75. The van der Waals surface area contributed by atoms with Crippen molar-refractivity contribution in [1.82, 2.24) is 5.16 Å². The van der Waals surface area contributed by atoms with E-state index in [-0.39, 0.29) is 6.61 Å². The first-order valence-electron chi connectivity index (χ1n) is 7.73. The SMILES string of the molecule is Cc1onc(-c2cc3sc(Br)cc3s2)c1NC(=O)OCc1ccccc1. The van der Waals surface area contributed by atoms with Gasteiger partial charge in [0.1, 0.15) is 18.0 Å². The molecule has 0 aliphatic heterocycles. The molecule has 0 spiro atoms. The highest BCUT2D eigenvalue weighted by atomic mass is 79.9. The lowest BCUT2D eigenvalue weighted by atomic mass is 10.2. The summed E-state index contributed by atoms with van der Waals surface area (Å²) in [5, 5.41) is 6.87. The molecule has 3 aromatic heterocycles. The molecule has 0 atom stereocenters.